The molecule has 0 bridgehead atoms. The standard InChI is InChI=1S/C23H19F3N6O2/c1-11-7-17-16(28-21(33)20-30-29-19(32(17)20)12-3-2-4-12)9-15(11)22(34)31-6-5-13-8-14(23(24,25)26)10-27-18(13)31/h7-10,12H,2-6H2,1H3,(H,28,33). The predicted octanol–water partition coefficient (Wildman–Crippen LogP) is 3.76. The molecule has 34 heavy (non-hydrogen) atoms. The minimum atomic E-state index is -4.49. The number of pyridine rings is 1. The third kappa shape index (κ3) is 3.02. The van der Waals surface area contributed by atoms with Crippen LogP contribution in [0.3, 0.4) is 0 Å². The van der Waals surface area contributed by atoms with Crippen molar-refractivity contribution < 1.29 is 18.0 Å². The zero-order valence-corrected chi connectivity index (χ0v) is 18.1. The van der Waals surface area contributed by atoms with Gasteiger partial charge in [0.15, 0.2) is 0 Å². The Morgan fingerprint density at radius 1 is 1.18 bits per heavy atom. The first-order valence-electron chi connectivity index (χ1n) is 11.0. The minimum Gasteiger partial charge on any atom is -0.317 e. The van der Waals surface area contributed by atoms with Crippen LogP contribution in [0.1, 0.15) is 58.1 Å². The second-order valence-corrected chi connectivity index (χ2v) is 8.89. The molecule has 2 aliphatic rings. The zero-order valence-electron chi connectivity index (χ0n) is 18.1. The number of amides is 1. The number of anilines is 1. The van der Waals surface area contributed by atoms with Crippen molar-refractivity contribution in [3.05, 3.63) is 62.8 Å². The van der Waals surface area contributed by atoms with E-state index < -0.39 is 17.3 Å². The number of aromatic nitrogens is 5. The highest BCUT2D eigenvalue weighted by Gasteiger charge is 2.35. The van der Waals surface area contributed by atoms with E-state index >= 15 is 0 Å². The van der Waals surface area contributed by atoms with Gasteiger partial charge in [-0.3, -0.25) is 18.9 Å². The van der Waals surface area contributed by atoms with Crippen LogP contribution in [-0.2, 0) is 12.6 Å². The van der Waals surface area contributed by atoms with Crippen molar-refractivity contribution >= 4 is 28.4 Å². The number of halogens is 3. The number of alkyl halides is 3. The van der Waals surface area contributed by atoms with Gasteiger partial charge in [-0.25, -0.2) is 4.98 Å². The van der Waals surface area contributed by atoms with Crippen molar-refractivity contribution in [2.24, 2.45) is 0 Å². The van der Waals surface area contributed by atoms with E-state index in [2.05, 4.69) is 20.2 Å². The lowest BCUT2D eigenvalue weighted by Gasteiger charge is -2.24. The fraction of sp³-hybridized carbons (Fsp3) is 0.348. The summed E-state index contributed by atoms with van der Waals surface area (Å²) in [6, 6.07) is 4.47. The van der Waals surface area contributed by atoms with Gasteiger partial charge in [0.2, 0.25) is 5.65 Å². The highest BCUT2D eigenvalue weighted by Crippen LogP contribution is 2.37. The Hall–Kier alpha value is -3.76. The third-order valence-electron chi connectivity index (χ3n) is 6.80. The van der Waals surface area contributed by atoms with E-state index in [4.69, 9.17) is 0 Å². The summed E-state index contributed by atoms with van der Waals surface area (Å²) in [6.45, 7) is 2.01. The molecular weight excluding hydrogens is 449 g/mol. The molecule has 11 heteroatoms. The van der Waals surface area contributed by atoms with Crippen LogP contribution >= 0.6 is 0 Å². The summed E-state index contributed by atoms with van der Waals surface area (Å²) >= 11 is 0. The van der Waals surface area contributed by atoms with E-state index in [-0.39, 0.29) is 36.3 Å². The van der Waals surface area contributed by atoms with Crippen LogP contribution in [0.25, 0.3) is 16.7 Å². The maximum absolute atomic E-state index is 13.4. The third-order valence-corrected chi connectivity index (χ3v) is 6.80. The lowest BCUT2D eigenvalue weighted by atomic mass is 9.85. The average Bonchev–Trinajstić information content (AvgIpc) is 3.36. The number of aryl methyl sites for hydroxylation is 1. The Bertz CT molecular complexity index is 1550. The van der Waals surface area contributed by atoms with Crippen molar-refractivity contribution in [1.82, 2.24) is 24.6 Å². The van der Waals surface area contributed by atoms with Gasteiger partial charge in [0.05, 0.1) is 16.6 Å². The van der Waals surface area contributed by atoms with Gasteiger partial charge in [0.25, 0.3) is 11.5 Å². The molecule has 0 saturated heterocycles. The van der Waals surface area contributed by atoms with Crippen LogP contribution in [0, 0.1) is 6.92 Å². The second-order valence-electron chi connectivity index (χ2n) is 8.89. The molecule has 174 valence electrons. The number of aromatic amines is 1. The fourth-order valence-electron chi connectivity index (χ4n) is 4.76. The van der Waals surface area contributed by atoms with Gasteiger partial charge < -0.3 is 4.98 Å². The van der Waals surface area contributed by atoms with Crippen LogP contribution in [-0.4, -0.2) is 37.0 Å². The molecule has 1 aliphatic carbocycles. The second kappa shape index (κ2) is 7.12. The number of nitrogens with zero attached hydrogens (tertiary/aromatic N) is 5. The Morgan fingerprint density at radius 3 is 2.68 bits per heavy atom. The number of rotatable bonds is 2. The molecule has 4 aromatic rings. The molecule has 0 radical (unpaired) electrons. The molecule has 0 spiro atoms. The summed E-state index contributed by atoms with van der Waals surface area (Å²) < 4.78 is 40.9. The van der Waals surface area contributed by atoms with Crippen molar-refractivity contribution in [3.63, 3.8) is 0 Å². The molecule has 1 aliphatic heterocycles. The quantitative estimate of drug-likeness (QED) is 0.483. The normalized spacial score (nSPS) is 16.3. The Morgan fingerprint density at radius 2 is 1.97 bits per heavy atom. The first kappa shape index (κ1) is 20.8. The monoisotopic (exact) mass is 468 g/mol. The molecule has 1 amide bonds. The van der Waals surface area contributed by atoms with Crippen molar-refractivity contribution in [3.8, 4) is 0 Å². The SMILES string of the molecule is Cc1cc2c(cc1C(=O)N1CCc3cc(C(F)(F)F)cnc31)[nH]c(=O)c1nnc(C3CCC3)n12. The summed E-state index contributed by atoms with van der Waals surface area (Å²) in [4.78, 5) is 34.2. The van der Waals surface area contributed by atoms with Gasteiger partial charge in [-0.1, -0.05) is 6.42 Å². The molecule has 1 fully saturated rings. The van der Waals surface area contributed by atoms with E-state index in [0.717, 1.165) is 37.4 Å². The van der Waals surface area contributed by atoms with Gasteiger partial charge in [-0.2, -0.15) is 13.2 Å². The van der Waals surface area contributed by atoms with Crippen LogP contribution in [0.15, 0.2) is 29.2 Å². The molecule has 1 saturated carbocycles. The largest absolute Gasteiger partial charge is 0.417 e. The Labute approximate surface area is 190 Å². The molecule has 8 nitrogen and oxygen atoms in total. The van der Waals surface area contributed by atoms with Crippen LogP contribution in [0.4, 0.5) is 19.0 Å². The molecule has 1 aromatic carbocycles. The zero-order chi connectivity index (χ0) is 23.8. The maximum Gasteiger partial charge on any atom is 0.417 e. The number of fused-ring (bicyclic) bond motifs is 4. The van der Waals surface area contributed by atoms with Gasteiger partial charge in [-0.15, -0.1) is 10.2 Å². The summed E-state index contributed by atoms with van der Waals surface area (Å²) in [7, 11) is 0. The summed E-state index contributed by atoms with van der Waals surface area (Å²) in [5, 5.41) is 8.33. The highest BCUT2D eigenvalue weighted by molar-refractivity contribution is 6.09. The number of carbonyl (C=O) groups excluding carboxylic acids is 1. The Balaban J connectivity index is 1.44. The molecule has 4 heterocycles. The average molecular weight is 468 g/mol. The fourth-order valence-corrected chi connectivity index (χ4v) is 4.76. The molecule has 3 aromatic heterocycles. The molecule has 6 rings (SSSR count). The van der Waals surface area contributed by atoms with Gasteiger partial charge >= 0.3 is 6.18 Å². The van der Waals surface area contributed by atoms with Gasteiger partial charge in [0.1, 0.15) is 11.6 Å². The molecule has 1 N–H and O–H groups in total. The van der Waals surface area contributed by atoms with Crippen LogP contribution in [0.5, 0.6) is 0 Å². The van der Waals surface area contributed by atoms with Gasteiger partial charge in [0, 0.05) is 24.2 Å². The first-order chi connectivity index (χ1) is 16.2. The number of hydrogen-bond donors (Lipinski definition) is 1. The lowest BCUT2D eigenvalue weighted by molar-refractivity contribution is -0.137. The lowest BCUT2D eigenvalue weighted by Crippen LogP contribution is -2.30. The molecule has 0 atom stereocenters. The Kier molecular flexibility index (Phi) is 4.36. The summed E-state index contributed by atoms with van der Waals surface area (Å²) in [6.07, 6.45) is -0.377. The van der Waals surface area contributed by atoms with E-state index in [1.165, 1.54) is 4.90 Å². The number of benzene rings is 1. The summed E-state index contributed by atoms with van der Waals surface area (Å²) in [5.41, 5.74) is 1.53. The first-order valence-corrected chi connectivity index (χ1v) is 11.0. The van der Waals surface area contributed by atoms with Crippen molar-refractivity contribution in [2.75, 3.05) is 11.4 Å². The molecule has 0 unspecified atom stereocenters. The highest BCUT2D eigenvalue weighted by atomic mass is 19.4. The van der Waals surface area contributed by atoms with Crippen LogP contribution < -0.4 is 10.5 Å². The number of nitrogens with one attached hydrogen (secondary N) is 1. The number of hydrogen-bond acceptors (Lipinski definition) is 5. The maximum atomic E-state index is 13.4. The predicted molar refractivity (Wildman–Crippen MR) is 117 cm³/mol. The van der Waals surface area contributed by atoms with E-state index in [1.54, 1.807) is 17.4 Å². The van der Waals surface area contributed by atoms with Crippen molar-refractivity contribution in [2.45, 2.75) is 44.7 Å². The number of carbonyl (C=O) groups is 1. The topological polar surface area (TPSA) is 96.2 Å². The smallest absolute Gasteiger partial charge is 0.317 e. The van der Waals surface area contributed by atoms with E-state index in [9.17, 15) is 22.8 Å². The summed E-state index contributed by atoms with van der Waals surface area (Å²) in [5.74, 6) is 0.839. The van der Waals surface area contributed by atoms with E-state index in [0.29, 0.717) is 27.7 Å². The van der Waals surface area contributed by atoms with Crippen molar-refractivity contribution in [1.29, 1.82) is 0 Å². The number of H-pyrrole nitrogens is 1. The van der Waals surface area contributed by atoms with Crippen LogP contribution in [0.2, 0.25) is 0 Å². The van der Waals surface area contributed by atoms with E-state index in [1.807, 2.05) is 6.07 Å². The molecular formula is C23H19F3N6O2. The van der Waals surface area contributed by atoms with Gasteiger partial charge in [-0.05, 0) is 55.5 Å². The minimum absolute atomic E-state index is 0.214.